The van der Waals surface area contributed by atoms with Crippen molar-refractivity contribution in [3.63, 3.8) is 0 Å². The average Bonchev–Trinajstić information content (AvgIpc) is 2.59. The lowest BCUT2D eigenvalue weighted by Gasteiger charge is -2.35. The van der Waals surface area contributed by atoms with E-state index < -0.39 is 0 Å². The maximum atomic E-state index is 12.4. The van der Waals surface area contributed by atoms with Crippen LogP contribution in [0.15, 0.2) is 30.3 Å². The first-order chi connectivity index (χ1) is 11.0. The fourth-order valence-electron chi connectivity index (χ4n) is 3.21. The zero-order valence-electron chi connectivity index (χ0n) is 14.2. The highest BCUT2D eigenvalue weighted by Gasteiger charge is 2.26. The zero-order valence-corrected chi connectivity index (χ0v) is 14.2. The third kappa shape index (κ3) is 4.44. The maximum absolute atomic E-state index is 12.4. The smallest absolute Gasteiger partial charge is 0.251 e. The Morgan fingerprint density at radius 1 is 1.17 bits per heavy atom. The molecule has 2 amide bonds. The second-order valence-corrected chi connectivity index (χ2v) is 6.31. The largest absolute Gasteiger partial charge is 0.355 e. The minimum Gasteiger partial charge on any atom is -0.355 e. The first-order valence-electron chi connectivity index (χ1n) is 8.30. The lowest BCUT2D eigenvalue weighted by Crippen LogP contribution is -2.41. The Balaban J connectivity index is 1.98. The second-order valence-electron chi connectivity index (χ2n) is 6.31. The van der Waals surface area contributed by atoms with E-state index in [9.17, 15) is 9.59 Å². The van der Waals surface area contributed by atoms with E-state index in [1.165, 1.54) is 19.3 Å². The molecule has 2 unspecified atom stereocenters. The standard InChI is InChI=1S/C19H26N2O2/c1-14-6-4-5-7-17(14)21(3)18(22)13-10-15-8-11-16(12-9-15)19(23)20-2/h8-14,17H,4-7H2,1-3H3,(H,20,23)/b13-10+. The molecule has 124 valence electrons. The number of nitrogens with zero attached hydrogens (tertiary/aromatic N) is 1. The number of likely N-dealkylation sites (N-methyl/N-ethyl adjacent to an activating group) is 1. The number of carbonyl (C=O) groups is 2. The van der Waals surface area contributed by atoms with Gasteiger partial charge in [-0.05, 0) is 42.5 Å². The molecule has 0 bridgehead atoms. The van der Waals surface area contributed by atoms with Crippen LogP contribution in [0.4, 0.5) is 0 Å². The van der Waals surface area contributed by atoms with E-state index in [-0.39, 0.29) is 11.8 Å². The highest BCUT2D eigenvalue weighted by molar-refractivity contribution is 5.94. The quantitative estimate of drug-likeness (QED) is 0.868. The fraction of sp³-hybridized carbons (Fsp3) is 0.474. The lowest BCUT2D eigenvalue weighted by atomic mass is 9.85. The van der Waals surface area contributed by atoms with E-state index >= 15 is 0 Å². The molecule has 4 heteroatoms. The molecule has 0 aromatic heterocycles. The lowest BCUT2D eigenvalue weighted by molar-refractivity contribution is -0.128. The van der Waals surface area contributed by atoms with E-state index in [1.54, 1.807) is 31.3 Å². The van der Waals surface area contributed by atoms with E-state index in [0.717, 1.165) is 12.0 Å². The van der Waals surface area contributed by atoms with Gasteiger partial charge in [0.05, 0.1) is 0 Å². The van der Waals surface area contributed by atoms with Crippen LogP contribution in [-0.4, -0.2) is 36.9 Å². The molecule has 1 saturated carbocycles. The van der Waals surface area contributed by atoms with Crippen molar-refractivity contribution in [2.45, 2.75) is 38.6 Å². The van der Waals surface area contributed by atoms with Gasteiger partial charge in [0.2, 0.25) is 5.91 Å². The molecule has 2 rings (SSSR count). The third-order valence-electron chi connectivity index (χ3n) is 4.73. The monoisotopic (exact) mass is 314 g/mol. The molecule has 1 aromatic carbocycles. The molecule has 1 aromatic rings. The van der Waals surface area contributed by atoms with Crippen LogP contribution in [-0.2, 0) is 4.79 Å². The molecular formula is C19H26N2O2. The Bertz CT molecular complexity index is 578. The van der Waals surface area contributed by atoms with E-state index in [0.29, 0.717) is 17.5 Å². The summed E-state index contributed by atoms with van der Waals surface area (Å²) in [7, 11) is 3.50. The molecular weight excluding hydrogens is 288 g/mol. The Kier molecular flexibility index (Phi) is 5.97. The van der Waals surface area contributed by atoms with Crippen molar-refractivity contribution in [1.29, 1.82) is 0 Å². The topological polar surface area (TPSA) is 49.4 Å². The van der Waals surface area contributed by atoms with Crippen molar-refractivity contribution in [3.8, 4) is 0 Å². The predicted octanol–water partition coefficient (Wildman–Crippen LogP) is 3.10. The Morgan fingerprint density at radius 3 is 2.43 bits per heavy atom. The Morgan fingerprint density at radius 2 is 1.83 bits per heavy atom. The van der Waals surface area contributed by atoms with Crippen LogP contribution in [0.25, 0.3) is 6.08 Å². The molecule has 0 spiro atoms. The van der Waals surface area contributed by atoms with Gasteiger partial charge in [0.1, 0.15) is 0 Å². The number of benzene rings is 1. The number of hydrogen-bond donors (Lipinski definition) is 1. The normalized spacial score (nSPS) is 21.2. The molecule has 0 saturated heterocycles. The molecule has 0 aliphatic heterocycles. The maximum Gasteiger partial charge on any atom is 0.251 e. The Labute approximate surface area is 138 Å². The van der Waals surface area contributed by atoms with Crippen LogP contribution in [0.2, 0.25) is 0 Å². The van der Waals surface area contributed by atoms with Crippen molar-refractivity contribution >= 4 is 17.9 Å². The van der Waals surface area contributed by atoms with Gasteiger partial charge in [0.15, 0.2) is 0 Å². The van der Waals surface area contributed by atoms with E-state index in [2.05, 4.69) is 12.2 Å². The highest BCUT2D eigenvalue weighted by Crippen LogP contribution is 2.27. The minimum absolute atomic E-state index is 0.0409. The second kappa shape index (κ2) is 7.95. The molecule has 0 radical (unpaired) electrons. The van der Waals surface area contributed by atoms with Crippen molar-refractivity contribution in [1.82, 2.24) is 10.2 Å². The van der Waals surface area contributed by atoms with Crippen LogP contribution in [0.5, 0.6) is 0 Å². The number of carbonyl (C=O) groups excluding carboxylic acids is 2. The summed E-state index contributed by atoms with van der Waals surface area (Å²) in [5.74, 6) is 0.500. The van der Waals surface area contributed by atoms with Gasteiger partial charge < -0.3 is 10.2 Å². The van der Waals surface area contributed by atoms with Crippen LogP contribution >= 0.6 is 0 Å². The van der Waals surface area contributed by atoms with Gasteiger partial charge >= 0.3 is 0 Å². The summed E-state index contributed by atoms with van der Waals surface area (Å²) >= 11 is 0. The van der Waals surface area contributed by atoms with Gasteiger partial charge in [-0.2, -0.15) is 0 Å². The van der Waals surface area contributed by atoms with Gasteiger partial charge in [-0.3, -0.25) is 9.59 Å². The molecule has 4 nitrogen and oxygen atoms in total. The molecule has 1 aliphatic rings. The first kappa shape index (κ1) is 17.3. The van der Waals surface area contributed by atoms with Gasteiger partial charge in [-0.25, -0.2) is 0 Å². The van der Waals surface area contributed by atoms with Crippen molar-refractivity contribution < 1.29 is 9.59 Å². The summed E-state index contributed by atoms with van der Waals surface area (Å²) in [4.78, 5) is 25.7. The minimum atomic E-state index is -0.109. The van der Waals surface area contributed by atoms with Gasteiger partial charge in [0.25, 0.3) is 5.91 Å². The molecule has 0 heterocycles. The molecule has 1 aliphatic carbocycles. The van der Waals surface area contributed by atoms with E-state index in [1.807, 2.05) is 24.1 Å². The zero-order chi connectivity index (χ0) is 16.8. The van der Waals surface area contributed by atoms with Crippen LogP contribution in [0.3, 0.4) is 0 Å². The predicted molar refractivity (Wildman–Crippen MR) is 93.1 cm³/mol. The summed E-state index contributed by atoms with van der Waals surface area (Å²) in [6.45, 7) is 2.23. The van der Waals surface area contributed by atoms with Gasteiger partial charge in [-0.1, -0.05) is 31.9 Å². The van der Waals surface area contributed by atoms with Gasteiger partial charge in [0, 0.05) is 31.8 Å². The van der Waals surface area contributed by atoms with E-state index in [4.69, 9.17) is 0 Å². The number of amides is 2. The van der Waals surface area contributed by atoms with Crippen molar-refractivity contribution in [3.05, 3.63) is 41.5 Å². The first-order valence-corrected chi connectivity index (χ1v) is 8.30. The SMILES string of the molecule is CNC(=O)c1ccc(/C=C/C(=O)N(C)C2CCCCC2C)cc1. The highest BCUT2D eigenvalue weighted by atomic mass is 16.2. The van der Waals surface area contributed by atoms with Crippen LogP contribution in [0, 0.1) is 5.92 Å². The van der Waals surface area contributed by atoms with Crippen LogP contribution < -0.4 is 5.32 Å². The van der Waals surface area contributed by atoms with Crippen molar-refractivity contribution in [2.24, 2.45) is 5.92 Å². The molecule has 1 N–H and O–H groups in total. The summed E-state index contributed by atoms with van der Waals surface area (Å²) in [5.41, 5.74) is 1.53. The molecule has 23 heavy (non-hydrogen) atoms. The summed E-state index contributed by atoms with van der Waals surface area (Å²) in [6, 6.07) is 7.55. The van der Waals surface area contributed by atoms with Gasteiger partial charge in [-0.15, -0.1) is 0 Å². The molecule has 1 fully saturated rings. The fourth-order valence-corrected chi connectivity index (χ4v) is 3.21. The third-order valence-corrected chi connectivity index (χ3v) is 4.73. The number of hydrogen-bond acceptors (Lipinski definition) is 2. The summed E-state index contributed by atoms with van der Waals surface area (Å²) in [5, 5.41) is 2.59. The number of nitrogens with one attached hydrogen (secondary N) is 1. The average molecular weight is 314 g/mol. The van der Waals surface area contributed by atoms with Crippen LogP contribution in [0.1, 0.15) is 48.5 Å². The summed E-state index contributed by atoms with van der Waals surface area (Å²) < 4.78 is 0. The Hall–Kier alpha value is -2.10. The summed E-state index contributed by atoms with van der Waals surface area (Å²) in [6.07, 6.45) is 8.20. The number of rotatable bonds is 4. The molecule has 2 atom stereocenters. The van der Waals surface area contributed by atoms with Crippen molar-refractivity contribution in [2.75, 3.05) is 14.1 Å².